The molecule has 0 aliphatic rings. The Morgan fingerprint density at radius 3 is 2.40 bits per heavy atom. The van der Waals surface area contributed by atoms with Crippen molar-refractivity contribution >= 4 is 13.7 Å². The van der Waals surface area contributed by atoms with Crippen LogP contribution in [0.5, 0.6) is 0 Å². The van der Waals surface area contributed by atoms with E-state index in [1.807, 2.05) is 37.3 Å². The van der Waals surface area contributed by atoms with E-state index < -0.39 is 0 Å². The second-order valence-electron chi connectivity index (χ2n) is 2.12. The van der Waals surface area contributed by atoms with E-state index in [1.54, 1.807) is 4.81 Å². The van der Waals surface area contributed by atoms with Gasteiger partial charge in [-0.1, -0.05) is 18.2 Å². The van der Waals surface area contributed by atoms with E-state index in [2.05, 4.69) is 0 Å². The summed E-state index contributed by atoms with van der Waals surface area (Å²) in [5.74, 6) is 0. The van der Waals surface area contributed by atoms with Crippen LogP contribution in [0, 0.1) is 0 Å². The summed E-state index contributed by atoms with van der Waals surface area (Å²) < 4.78 is 0. The van der Waals surface area contributed by atoms with Crippen LogP contribution in [0.2, 0.25) is 0 Å². The summed E-state index contributed by atoms with van der Waals surface area (Å²) in [7, 11) is 5.63. The molecule has 1 aromatic rings. The van der Waals surface area contributed by atoms with Gasteiger partial charge >= 0.3 is 0 Å². The third-order valence-corrected chi connectivity index (χ3v) is 1.43. The van der Waals surface area contributed by atoms with Crippen LogP contribution in [0.4, 0.5) is 5.69 Å². The van der Waals surface area contributed by atoms with Gasteiger partial charge in [0.05, 0.1) is 0 Å². The third kappa shape index (κ3) is 1.53. The van der Waals surface area contributed by atoms with Crippen molar-refractivity contribution in [3.05, 3.63) is 30.3 Å². The molecule has 0 fully saturated rings. The van der Waals surface area contributed by atoms with Crippen molar-refractivity contribution in [2.75, 3.05) is 11.4 Å². The summed E-state index contributed by atoms with van der Waals surface area (Å²) in [5, 5.41) is 0. The van der Waals surface area contributed by atoms with Gasteiger partial charge < -0.3 is 4.81 Å². The maximum Gasteiger partial charge on any atom is 0.226 e. The zero-order valence-electron chi connectivity index (χ0n) is 6.12. The first-order valence-electron chi connectivity index (χ1n) is 3.42. The zero-order valence-corrected chi connectivity index (χ0v) is 6.12. The van der Waals surface area contributed by atoms with Crippen LogP contribution in [0.15, 0.2) is 30.3 Å². The van der Waals surface area contributed by atoms with E-state index in [-0.39, 0.29) is 0 Å². The van der Waals surface area contributed by atoms with Gasteiger partial charge in [-0.2, -0.15) is 0 Å². The molecule has 10 heavy (non-hydrogen) atoms. The fourth-order valence-electron chi connectivity index (χ4n) is 0.802. The van der Waals surface area contributed by atoms with Gasteiger partial charge in [0.1, 0.15) is 0 Å². The van der Waals surface area contributed by atoms with Gasteiger partial charge in [0.2, 0.25) is 7.98 Å². The van der Waals surface area contributed by atoms with Gasteiger partial charge in [0, 0.05) is 12.2 Å². The lowest BCUT2D eigenvalue weighted by atomic mass is 10.2. The van der Waals surface area contributed by atoms with Gasteiger partial charge in [-0.15, -0.1) is 0 Å². The standard InChI is InChI=1S/C8H10BN/c1-2-10(9)8-6-4-3-5-7-8/h3-7H,2H2,1H3. The van der Waals surface area contributed by atoms with Crippen molar-refractivity contribution in [1.82, 2.24) is 0 Å². The van der Waals surface area contributed by atoms with E-state index in [0.29, 0.717) is 0 Å². The fraction of sp³-hybridized carbons (Fsp3) is 0.250. The number of para-hydroxylation sites is 1. The lowest BCUT2D eigenvalue weighted by Crippen LogP contribution is -2.17. The highest BCUT2D eigenvalue weighted by molar-refractivity contribution is 6.17. The topological polar surface area (TPSA) is 3.24 Å². The fourth-order valence-corrected chi connectivity index (χ4v) is 0.802. The van der Waals surface area contributed by atoms with Gasteiger partial charge in [-0.3, -0.25) is 0 Å². The van der Waals surface area contributed by atoms with E-state index in [4.69, 9.17) is 7.98 Å². The minimum Gasteiger partial charge on any atom is -0.425 e. The molecular weight excluding hydrogens is 121 g/mol. The Labute approximate surface area is 63.1 Å². The molecule has 0 bridgehead atoms. The normalized spacial score (nSPS) is 9.30. The molecular formula is C8H10BN. The number of hydrogen-bond donors (Lipinski definition) is 0. The molecule has 0 aliphatic carbocycles. The summed E-state index contributed by atoms with van der Waals surface area (Å²) in [6, 6.07) is 9.91. The quantitative estimate of drug-likeness (QED) is 0.551. The van der Waals surface area contributed by atoms with Gasteiger partial charge in [-0.25, -0.2) is 0 Å². The Bertz CT molecular complexity index is 186. The van der Waals surface area contributed by atoms with E-state index in [9.17, 15) is 0 Å². The first-order valence-corrected chi connectivity index (χ1v) is 3.42. The maximum atomic E-state index is 5.63. The number of anilines is 1. The molecule has 0 saturated carbocycles. The average Bonchev–Trinajstić information content (AvgIpc) is 2.05. The minimum atomic E-state index is 0.837. The van der Waals surface area contributed by atoms with Crippen molar-refractivity contribution in [2.24, 2.45) is 0 Å². The van der Waals surface area contributed by atoms with Crippen LogP contribution in [0.3, 0.4) is 0 Å². The molecule has 0 unspecified atom stereocenters. The van der Waals surface area contributed by atoms with E-state index in [0.717, 1.165) is 12.2 Å². The summed E-state index contributed by atoms with van der Waals surface area (Å²) in [4.78, 5) is 1.71. The van der Waals surface area contributed by atoms with Crippen LogP contribution in [0.1, 0.15) is 6.92 Å². The molecule has 0 spiro atoms. The lowest BCUT2D eigenvalue weighted by molar-refractivity contribution is 1.10. The summed E-state index contributed by atoms with van der Waals surface area (Å²) >= 11 is 0. The Morgan fingerprint density at radius 2 is 1.90 bits per heavy atom. The smallest absolute Gasteiger partial charge is 0.226 e. The van der Waals surface area contributed by atoms with Crippen molar-refractivity contribution in [3.8, 4) is 0 Å². The molecule has 50 valence electrons. The van der Waals surface area contributed by atoms with E-state index >= 15 is 0 Å². The van der Waals surface area contributed by atoms with Crippen LogP contribution in [-0.2, 0) is 0 Å². The minimum absolute atomic E-state index is 0.837. The summed E-state index contributed by atoms with van der Waals surface area (Å²) in [6.45, 7) is 2.86. The van der Waals surface area contributed by atoms with Crippen molar-refractivity contribution in [3.63, 3.8) is 0 Å². The van der Waals surface area contributed by atoms with Gasteiger partial charge in [0.15, 0.2) is 0 Å². The van der Waals surface area contributed by atoms with Crippen LogP contribution >= 0.6 is 0 Å². The lowest BCUT2D eigenvalue weighted by Gasteiger charge is -2.16. The maximum absolute atomic E-state index is 5.63. The first kappa shape index (κ1) is 7.20. The number of hydrogen-bond acceptors (Lipinski definition) is 1. The third-order valence-electron chi connectivity index (χ3n) is 1.43. The molecule has 1 rings (SSSR count). The first-order chi connectivity index (χ1) is 4.84. The molecule has 0 aliphatic heterocycles. The number of rotatable bonds is 2. The molecule has 0 heterocycles. The number of nitrogens with zero attached hydrogens (tertiary/aromatic N) is 1. The van der Waals surface area contributed by atoms with Crippen molar-refractivity contribution < 1.29 is 0 Å². The summed E-state index contributed by atoms with van der Waals surface area (Å²) in [5.41, 5.74) is 1.06. The van der Waals surface area contributed by atoms with Crippen LogP contribution in [0.25, 0.3) is 0 Å². The SMILES string of the molecule is [B]N(CC)c1ccccc1. The molecule has 0 N–H and O–H groups in total. The Kier molecular flexibility index (Phi) is 2.38. The molecule has 2 radical (unpaired) electrons. The van der Waals surface area contributed by atoms with Crippen LogP contribution < -0.4 is 4.81 Å². The molecule has 1 nitrogen and oxygen atoms in total. The second-order valence-corrected chi connectivity index (χ2v) is 2.12. The second kappa shape index (κ2) is 3.30. The van der Waals surface area contributed by atoms with Crippen molar-refractivity contribution in [2.45, 2.75) is 6.92 Å². The predicted molar refractivity (Wildman–Crippen MR) is 45.2 cm³/mol. The Hall–Kier alpha value is -0.915. The van der Waals surface area contributed by atoms with Gasteiger partial charge in [0.25, 0.3) is 0 Å². The Morgan fingerprint density at radius 1 is 1.30 bits per heavy atom. The monoisotopic (exact) mass is 131 g/mol. The van der Waals surface area contributed by atoms with Crippen LogP contribution in [-0.4, -0.2) is 14.5 Å². The van der Waals surface area contributed by atoms with Crippen molar-refractivity contribution in [1.29, 1.82) is 0 Å². The molecule has 1 aromatic carbocycles. The molecule has 0 amide bonds. The predicted octanol–water partition coefficient (Wildman–Crippen LogP) is 1.60. The zero-order chi connectivity index (χ0) is 7.40. The van der Waals surface area contributed by atoms with Gasteiger partial charge in [-0.05, 0) is 19.1 Å². The largest absolute Gasteiger partial charge is 0.425 e. The molecule has 0 saturated heterocycles. The van der Waals surface area contributed by atoms with E-state index in [1.165, 1.54) is 0 Å². The molecule has 0 aromatic heterocycles. The molecule has 0 atom stereocenters. The highest BCUT2D eigenvalue weighted by Crippen LogP contribution is 2.08. The molecule has 2 heteroatoms. The highest BCUT2D eigenvalue weighted by Gasteiger charge is 1.92. The Balaban J connectivity index is 2.75. The summed E-state index contributed by atoms with van der Waals surface area (Å²) in [6.07, 6.45) is 0. The number of benzene rings is 1. The highest BCUT2D eigenvalue weighted by atomic mass is 15.0. The average molecular weight is 131 g/mol.